The van der Waals surface area contributed by atoms with E-state index < -0.39 is 0 Å². The van der Waals surface area contributed by atoms with Crippen molar-refractivity contribution in [3.8, 4) is 11.5 Å². The minimum atomic E-state index is -0.269. The van der Waals surface area contributed by atoms with Crippen molar-refractivity contribution in [3.05, 3.63) is 48.0 Å². The molecule has 0 radical (unpaired) electrons. The number of fused-ring (bicyclic) bond motifs is 1. The van der Waals surface area contributed by atoms with Crippen LogP contribution < -0.4 is 19.7 Å². The normalized spacial score (nSPS) is 13.0. The van der Waals surface area contributed by atoms with Gasteiger partial charge in [-0.2, -0.15) is 0 Å². The van der Waals surface area contributed by atoms with Crippen molar-refractivity contribution in [1.82, 2.24) is 0 Å². The zero-order chi connectivity index (χ0) is 18.5. The van der Waals surface area contributed by atoms with Crippen molar-refractivity contribution >= 4 is 23.2 Å². The predicted molar refractivity (Wildman–Crippen MR) is 99.9 cm³/mol. The molecule has 0 fully saturated rings. The van der Waals surface area contributed by atoms with Crippen LogP contribution in [0.5, 0.6) is 11.5 Å². The minimum absolute atomic E-state index is 0.0627. The highest BCUT2D eigenvalue weighted by Crippen LogP contribution is 2.32. The number of rotatable bonds is 6. The fourth-order valence-electron chi connectivity index (χ4n) is 2.68. The molecule has 0 unspecified atom stereocenters. The Balaban J connectivity index is 1.66. The highest BCUT2D eigenvalue weighted by molar-refractivity contribution is 6.05. The molecular weight excluding hydrogens is 332 g/mol. The Morgan fingerprint density at radius 3 is 2.73 bits per heavy atom. The van der Waals surface area contributed by atoms with Crippen LogP contribution in [0.3, 0.4) is 0 Å². The lowest BCUT2D eigenvalue weighted by Gasteiger charge is -2.29. The van der Waals surface area contributed by atoms with E-state index in [0.29, 0.717) is 23.7 Å². The van der Waals surface area contributed by atoms with Gasteiger partial charge in [-0.15, -0.1) is 0 Å². The van der Waals surface area contributed by atoms with E-state index in [1.54, 1.807) is 12.1 Å². The van der Waals surface area contributed by atoms with E-state index in [1.807, 2.05) is 44.2 Å². The van der Waals surface area contributed by atoms with Gasteiger partial charge in [0.1, 0.15) is 18.0 Å². The molecule has 1 aliphatic rings. The third-order valence-electron chi connectivity index (χ3n) is 3.97. The molecule has 0 bridgehead atoms. The number of benzene rings is 2. The summed E-state index contributed by atoms with van der Waals surface area (Å²) in [6, 6.07) is 12.8. The van der Waals surface area contributed by atoms with Gasteiger partial charge in [0, 0.05) is 5.69 Å². The van der Waals surface area contributed by atoms with Gasteiger partial charge in [0.25, 0.3) is 5.91 Å². The number of hydrogen-bond acceptors (Lipinski definition) is 4. The summed E-state index contributed by atoms with van der Waals surface area (Å²) in [7, 11) is 0. The number of amides is 2. The lowest BCUT2D eigenvalue weighted by Crippen LogP contribution is -2.43. The summed E-state index contributed by atoms with van der Waals surface area (Å²) in [4.78, 5) is 26.1. The number of ether oxygens (including phenoxy) is 2. The van der Waals surface area contributed by atoms with Crippen molar-refractivity contribution in [1.29, 1.82) is 0 Å². The molecule has 26 heavy (non-hydrogen) atoms. The van der Waals surface area contributed by atoms with Gasteiger partial charge < -0.3 is 14.8 Å². The van der Waals surface area contributed by atoms with Gasteiger partial charge in [-0.1, -0.05) is 13.0 Å². The first-order chi connectivity index (χ1) is 12.6. The topological polar surface area (TPSA) is 67.9 Å². The van der Waals surface area contributed by atoms with E-state index in [2.05, 4.69) is 5.32 Å². The van der Waals surface area contributed by atoms with Crippen LogP contribution in [-0.2, 0) is 9.59 Å². The largest absolute Gasteiger partial charge is 0.494 e. The second-order valence-electron chi connectivity index (χ2n) is 6.16. The number of nitrogens with zero attached hydrogens (tertiary/aromatic N) is 1. The van der Waals surface area contributed by atoms with Gasteiger partial charge in [-0.05, 0) is 55.3 Å². The molecule has 1 aliphatic heterocycles. The quantitative estimate of drug-likeness (QED) is 0.865. The first-order valence-corrected chi connectivity index (χ1v) is 8.63. The van der Waals surface area contributed by atoms with E-state index in [9.17, 15) is 9.59 Å². The maximum atomic E-state index is 12.4. The Labute approximate surface area is 152 Å². The highest BCUT2D eigenvalue weighted by atomic mass is 16.5. The summed E-state index contributed by atoms with van der Waals surface area (Å²) in [6.07, 6.45) is 0.938. The highest BCUT2D eigenvalue weighted by Gasteiger charge is 2.27. The number of hydrogen-bond donors (Lipinski definition) is 1. The van der Waals surface area contributed by atoms with Crippen LogP contribution in [0, 0.1) is 6.92 Å². The minimum Gasteiger partial charge on any atom is -0.494 e. The number of carbonyl (C=O) groups excluding carboxylic acids is 2. The van der Waals surface area contributed by atoms with Crippen LogP contribution in [0.1, 0.15) is 18.9 Å². The average molecular weight is 354 g/mol. The summed E-state index contributed by atoms with van der Waals surface area (Å²) in [5.74, 6) is 0.870. The van der Waals surface area contributed by atoms with Gasteiger partial charge in [0.05, 0.1) is 12.3 Å². The van der Waals surface area contributed by atoms with Gasteiger partial charge in [-0.3, -0.25) is 14.5 Å². The zero-order valence-corrected chi connectivity index (χ0v) is 15.0. The van der Waals surface area contributed by atoms with Crippen molar-refractivity contribution < 1.29 is 19.1 Å². The van der Waals surface area contributed by atoms with Crippen molar-refractivity contribution in [2.75, 3.05) is 30.0 Å². The molecule has 0 atom stereocenters. The van der Waals surface area contributed by atoms with E-state index in [0.717, 1.165) is 17.7 Å². The molecule has 136 valence electrons. The molecule has 6 heteroatoms. The van der Waals surface area contributed by atoms with Crippen LogP contribution in [0.25, 0.3) is 0 Å². The van der Waals surface area contributed by atoms with Crippen molar-refractivity contribution in [3.63, 3.8) is 0 Å². The maximum absolute atomic E-state index is 12.4. The molecular formula is C20H22N2O4. The average Bonchev–Trinajstić information content (AvgIpc) is 2.63. The molecule has 0 spiro atoms. The number of carbonyl (C=O) groups is 2. The fourth-order valence-corrected chi connectivity index (χ4v) is 2.68. The van der Waals surface area contributed by atoms with Crippen molar-refractivity contribution in [2.24, 2.45) is 0 Å². The Morgan fingerprint density at radius 2 is 2.00 bits per heavy atom. The number of nitrogens with one attached hydrogen (secondary N) is 1. The van der Waals surface area contributed by atoms with Gasteiger partial charge >= 0.3 is 0 Å². The molecule has 0 saturated heterocycles. The van der Waals surface area contributed by atoms with Crippen molar-refractivity contribution in [2.45, 2.75) is 20.3 Å². The Kier molecular flexibility index (Phi) is 5.41. The molecule has 2 amide bonds. The smallest absolute Gasteiger partial charge is 0.265 e. The molecule has 6 nitrogen and oxygen atoms in total. The van der Waals surface area contributed by atoms with Crippen LogP contribution in [0.4, 0.5) is 11.4 Å². The second-order valence-corrected chi connectivity index (χ2v) is 6.16. The van der Waals surface area contributed by atoms with E-state index in [-0.39, 0.29) is 25.0 Å². The second kappa shape index (κ2) is 7.91. The first kappa shape index (κ1) is 17.8. The molecule has 2 aromatic rings. The molecule has 1 N–H and O–H groups in total. The fraction of sp³-hybridized carbons (Fsp3) is 0.300. The Hall–Kier alpha value is -3.02. The van der Waals surface area contributed by atoms with Crippen LogP contribution in [0.15, 0.2) is 42.5 Å². The van der Waals surface area contributed by atoms with Crippen LogP contribution in [-0.4, -0.2) is 31.6 Å². The molecule has 0 aromatic heterocycles. The zero-order valence-electron chi connectivity index (χ0n) is 15.0. The molecule has 1 heterocycles. The molecule has 0 aliphatic carbocycles. The summed E-state index contributed by atoms with van der Waals surface area (Å²) < 4.78 is 11.0. The van der Waals surface area contributed by atoms with E-state index >= 15 is 0 Å². The monoisotopic (exact) mass is 354 g/mol. The van der Waals surface area contributed by atoms with Crippen LogP contribution in [0.2, 0.25) is 0 Å². The van der Waals surface area contributed by atoms with Gasteiger partial charge in [0.15, 0.2) is 6.61 Å². The summed E-state index contributed by atoms with van der Waals surface area (Å²) in [5, 5.41) is 2.81. The number of aryl methyl sites for hydroxylation is 1. The molecule has 3 rings (SSSR count). The summed E-state index contributed by atoms with van der Waals surface area (Å²) in [6.45, 7) is 4.50. The Morgan fingerprint density at radius 1 is 1.23 bits per heavy atom. The SMILES string of the molecule is CCCOc1ccc(NC(=O)CN2C(=O)COc3ccc(C)cc32)cc1. The maximum Gasteiger partial charge on any atom is 0.265 e. The third-order valence-corrected chi connectivity index (χ3v) is 3.97. The van der Waals surface area contributed by atoms with Gasteiger partial charge in [-0.25, -0.2) is 0 Å². The van der Waals surface area contributed by atoms with E-state index in [1.165, 1.54) is 4.90 Å². The summed E-state index contributed by atoms with van der Waals surface area (Å²) >= 11 is 0. The van der Waals surface area contributed by atoms with Gasteiger partial charge in [0.2, 0.25) is 5.91 Å². The molecule has 0 saturated carbocycles. The first-order valence-electron chi connectivity index (χ1n) is 8.63. The Bertz CT molecular complexity index is 802. The van der Waals surface area contributed by atoms with Crippen LogP contribution >= 0.6 is 0 Å². The molecule has 2 aromatic carbocycles. The lowest BCUT2D eigenvalue weighted by atomic mass is 10.1. The van der Waals surface area contributed by atoms with E-state index in [4.69, 9.17) is 9.47 Å². The third kappa shape index (κ3) is 4.14. The standard InChI is InChI=1S/C20H22N2O4/c1-3-10-25-16-7-5-15(6-8-16)21-19(23)12-22-17-11-14(2)4-9-18(17)26-13-20(22)24/h4-9,11H,3,10,12-13H2,1-2H3,(H,21,23). The number of anilines is 2. The summed E-state index contributed by atoms with van der Waals surface area (Å²) in [5.41, 5.74) is 2.28. The lowest BCUT2D eigenvalue weighted by molar-refractivity contribution is -0.123. The predicted octanol–water partition coefficient (Wildman–Crippen LogP) is 3.15.